The number of ether oxygens (including phenoxy) is 1. The predicted octanol–water partition coefficient (Wildman–Crippen LogP) is 3.97. The largest absolute Gasteiger partial charge is 0.378 e. The van der Waals surface area contributed by atoms with E-state index >= 15 is 0 Å². The molecule has 2 aromatic rings. The lowest BCUT2D eigenvalue weighted by molar-refractivity contribution is 0.122. The molecule has 0 amide bonds. The maximum atomic E-state index is 6.37. The number of nitrogens with zero attached hydrogens (tertiary/aromatic N) is 2. The van der Waals surface area contributed by atoms with E-state index in [4.69, 9.17) is 27.1 Å². The van der Waals surface area contributed by atoms with Gasteiger partial charge in [-0.25, -0.2) is 4.98 Å². The summed E-state index contributed by atoms with van der Waals surface area (Å²) in [5.41, 5.74) is 12.5. The Balaban J connectivity index is 2.25. The first-order chi connectivity index (χ1) is 12.2. The number of rotatable bonds is 2. The van der Waals surface area contributed by atoms with Gasteiger partial charge in [0.15, 0.2) is 0 Å². The fraction of sp³-hybridized carbons (Fsp3) is 0.450. The Hall–Kier alpha value is -1.58. The minimum Gasteiger partial charge on any atom is -0.378 e. The Morgan fingerprint density at radius 3 is 2.54 bits per heavy atom. The third kappa shape index (κ3) is 4.39. The van der Waals surface area contributed by atoms with E-state index < -0.39 is 8.07 Å². The number of fused-ring (bicyclic) bond motifs is 1. The van der Waals surface area contributed by atoms with Crippen LogP contribution in [-0.2, 0) is 4.74 Å². The number of hydrogen-bond donors (Lipinski definition) is 1. The van der Waals surface area contributed by atoms with E-state index in [1.54, 1.807) is 0 Å². The van der Waals surface area contributed by atoms with Gasteiger partial charge in [0.05, 0.1) is 18.7 Å². The molecule has 26 heavy (non-hydrogen) atoms. The summed E-state index contributed by atoms with van der Waals surface area (Å²) in [7, 11) is -1.51. The van der Waals surface area contributed by atoms with Crippen molar-refractivity contribution < 1.29 is 4.74 Å². The molecule has 0 spiro atoms. The molecule has 2 N–H and O–H groups in total. The summed E-state index contributed by atoms with van der Waals surface area (Å²) in [6, 6.07) is 5.80. The second-order valence-corrected chi connectivity index (χ2v) is 13.0. The molecule has 138 valence electrons. The van der Waals surface area contributed by atoms with E-state index in [9.17, 15) is 0 Å². The van der Waals surface area contributed by atoms with Crippen LogP contribution in [-0.4, -0.2) is 39.4 Å². The Morgan fingerprint density at radius 1 is 1.23 bits per heavy atom. The maximum absolute atomic E-state index is 6.37. The monoisotopic (exact) mass is 387 g/mol. The van der Waals surface area contributed by atoms with Gasteiger partial charge < -0.3 is 15.4 Å². The molecule has 0 bridgehead atoms. The average molecular weight is 388 g/mol. The Kier molecular flexibility index (Phi) is 5.59. The third-order valence-corrected chi connectivity index (χ3v) is 5.39. The van der Waals surface area contributed by atoms with Gasteiger partial charge in [-0.1, -0.05) is 37.2 Å². The van der Waals surface area contributed by atoms with Crippen molar-refractivity contribution in [1.82, 2.24) is 4.98 Å². The molecule has 1 aromatic heterocycles. The van der Waals surface area contributed by atoms with Gasteiger partial charge in [-0.15, -0.1) is 5.54 Å². The molecule has 1 fully saturated rings. The molecule has 4 nitrogen and oxygen atoms in total. The van der Waals surface area contributed by atoms with Crippen molar-refractivity contribution in [2.45, 2.75) is 32.6 Å². The fourth-order valence-corrected chi connectivity index (χ4v) is 3.70. The lowest BCUT2D eigenvalue weighted by Gasteiger charge is -2.28. The SMILES string of the molecule is CC(N)c1cc(Cl)cc2c(C#C[Si](C)(C)C)cc(N3CCOCC3)nc12. The maximum Gasteiger partial charge on any atom is 0.130 e. The van der Waals surface area contributed by atoms with Gasteiger partial charge in [-0.3, -0.25) is 0 Å². The smallest absolute Gasteiger partial charge is 0.130 e. The van der Waals surface area contributed by atoms with Crippen molar-refractivity contribution in [1.29, 1.82) is 0 Å². The molecule has 0 saturated carbocycles. The van der Waals surface area contributed by atoms with Crippen LogP contribution in [0.5, 0.6) is 0 Å². The van der Waals surface area contributed by atoms with E-state index in [2.05, 4.69) is 42.1 Å². The quantitative estimate of drug-likeness (QED) is 0.625. The van der Waals surface area contributed by atoms with E-state index in [1.165, 1.54) is 0 Å². The molecule has 0 radical (unpaired) electrons. The number of morpholine rings is 1. The summed E-state index contributed by atoms with van der Waals surface area (Å²) < 4.78 is 5.48. The predicted molar refractivity (Wildman–Crippen MR) is 113 cm³/mol. The van der Waals surface area contributed by atoms with Crippen LogP contribution >= 0.6 is 11.6 Å². The molecule has 1 atom stereocenters. The van der Waals surface area contributed by atoms with E-state index in [-0.39, 0.29) is 6.04 Å². The highest BCUT2D eigenvalue weighted by Crippen LogP contribution is 2.31. The topological polar surface area (TPSA) is 51.4 Å². The molecule has 1 aliphatic heterocycles. The standard InChI is InChI=1S/C20H26ClN3OSi/c1-14(22)17-12-16(21)13-18-15(5-10-26(2,3)4)11-19(23-20(17)18)24-6-8-25-9-7-24/h11-14H,6-9,22H2,1-4H3. The molecule has 3 rings (SSSR count). The molecule has 1 unspecified atom stereocenters. The summed E-state index contributed by atoms with van der Waals surface area (Å²) >= 11 is 6.37. The van der Waals surface area contributed by atoms with Crippen molar-refractivity contribution in [2.24, 2.45) is 5.73 Å². The van der Waals surface area contributed by atoms with Crippen molar-refractivity contribution in [3.8, 4) is 11.5 Å². The summed E-state index contributed by atoms with van der Waals surface area (Å²) in [5, 5.41) is 1.65. The molecular weight excluding hydrogens is 362 g/mol. The molecule has 0 aliphatic carbocycles. The van der Waals surface area contributed by atoms with Crippen molar-refractivity contribution >= 4 is 36.4 Å². The number of nitrogens with two attached hydrogens (primary N) is 1. The van der Waals surface area contributed by atoms with Gasteiger partial charge in [0, 0.05) is 35.1 Å². The first-order valence-electron chi connectivity index (χ1n) is 9.00. The van der Waals surface area contributed by atoms with Crippen molar-refractivity contribution in [2.75, 3.05) is 31.2 Å². The summed E-state index contributed by atoms with van der Waals surface area (Å²) in [6.07, 6.45) is 0. The van der Waals surface area contributed by atoms with Gasteiger partial charge in [0.25, 0.3) is 0 Å². The zero-order valence-electron chi connectivity index (χ0n) is 15.9. The third-order valence-electron chi connectivity index (χ3n) is 4.29. The molecule has 6 heteroatoms. The molecule has 1 saturated heterocycles. The first-order valence-corrected chi connectivity index (χ1v) is 12.9. The highest BCUT2D eigenvalue weighted by molar-refractivity contribution is 6.83. The van der Waals surface area contributed by atoms with Crippen LogP contribution in [0.4, 0.5) is 5.82 Å². The van der Waals surface area contributed by atoms with Crippen LogP contribution in [0.15, 0.2) is 18.2 Å². The number of anilines is 1. The minimum absolute atomic E-state index is 0.151. The van der Waals surface area contributed by atoms with Crippen LogP contribution in [0, 0.1) is 11.5 Å². The Labute approximate surface area is 161 Å². The second kappa shape index (κ2) is 7.57. The number of benzene rings is 1. The number of hydrogen-bond acceptors (Lipinski definition) is 4. The Morgan fingerprint density at radius 2 is 1.92 bits per heavy atom. The van der Waals surface area contributed by atoms with Gasteiger partial charge in [0.2, 0.25) is 0 Å². The zero-order chi connectivity index (χ0) is 18.9. The zero-order valence-corrected chi connectivity index (χ0v) is 17.7. The van der Waals surface area contributed by atoms with Crippen LogP contribution in [0.2, 0.25) is 24.7 Å². The number of aromatic nitrogens is 1. The second-order valence-electron chi connectivity index (χ2n) is 7.81. The average Bonchev–Trinajstić information content (AvgIpc) is 2.59. The van der Waals surface area contributed by atoms with Gasteiger partial charge in [-0.05, 0) is 30.7 Å². The van der Waals surface area contributed by atoms with E-state index in [0.717, 1.165) is 54.2 Å². The minimum atomic E-state index is -1.51. The van der Waals surface area contributed by atoms with Crippen molar-refractivity contribution in [3.63, 3.8) is 0 Å². The highest BCUT2D eigenvalue weighted by Gasteiger charge is 2.18. The van der Waals surface area contributed by atoms with Gasteiger partial charge in [-0.2, -0.15) is 0 Å². The Bertz CT molecular complexity index is 874. The molecule has 2 heterocycles. The van der Waals surface area contributed by atoms with Gasteiger partial charge in [0.1, 0.15) is 13.9 Å². The van der Waals surface area contributed by atoms with Crippen LogP contribution in [0.3, 0.4) is 0 Å². The lowest BCUT2D eigenvalue weighted by Crippen LogP contribution is -2.36. The number of halogens is 1. The molecule has 1 aliphatic rings. The van der Waals surface area contributed by atoms with Crippen molar-refractivity contribution in [3.05, 3.63) is 34.3 Å². The molecule has 1 aromatic carbocycles. The van der Waals surface area contributed by atoms with Crippen LogP contribution < -0.4 is 10.6 Å². The summed E-state index contributed by atoms with van der Waals surface area (Å²) in [5.74, 6) is 4.35. The fourth-order valence-electron chi connectivity index (χ4n) is 2.96. The normalized spacial score (nSPS) is 16.3. The number of pyridine rings is 1. The van der Waals surface area contributed by atoms with Crippen LogP contribution in [0.1, 0.15) is 24.1 Å². The van der Waals surface area contributed by atoms with Gasteiger partial charge >= 0.3 is 0 Å². The highest BCUT2D eigenvalue weighted by atomic mass is 35.5. The summed E-state index contributed by atoms with van der Waals surface area (Å²) in [6.45, 7) is 11.8. The molecular formula is C20H26ClN3OSi. The van der Waals surface area contributed by atoms with E-state index in [1.807, 2.05) is 19.1 Å². The van der Waals surface area contributed by atoms with E-state index in [0.29, 0.717) is 5.02 Å². The lowest BCUT2D eigenvalue weighted by atomic mass is 10.0. The van der Waals surface area contributed by atoms with Crippen LogP contribution in [0.25, 0.3) is 10.9 Å². The first kappa shape index (κ1) is 19.2. The summed E-state index contributed by atoms with van der Waals surface area (Å²) in [4.78, 5) is 7.19.